The standard InChI is InChI=1S/C9H8ClNO2S/c10-4-1-2-6-5(3-4)7(11)8(14)9(12)13-6/h1-3,7-8,14H,11H2. The minimum atomic E-state index is -0.624. The molecule has 1 aliphatic heterocycles. The monoisotopic (exact) mass is 229 g/mol. The van der Waals surface area contributed by atoms with Crippen molar-refractivity contribution in [1.29, 1.82) is 0 Å². The summed E-state index contributed by atoms with van der Waals surface area (Å²) in [5.41, 5.74) is 6.53. The summed E-state index contributed by atoms with van der Waals surface area (Å²) in [6.45, 7) is 0. The molecule has 5 heteroatoms. The second-order valence-electron chi connectivity index (χ2n) is 3.07. The predicted octanol–water partition coefficient (Wildman–Crippen LogP) is 1.56. The Balaban J connectivity index is 2.51. The van der Waals surface area contributed by atoms with Gasteiger partial charge >= 0.3 is 5.97 Å². The number of esters is 1. The molecular formula is C9H8ClNO2S. The lowest BCUT2D eigenvalue weighted by Crippen LogP contribution is -2.36. The number of halogens is 1. The van der Waals surface area contributed by atoms with Gasteiger partial charge in [-0.1, -0.05) is 11.6 Å². The van der Waals surface area contributed by atoms with Crippen molar-refractivity contribution in [3.05, 3.63) is 28.8 Å². The van der Waals surface area contributed by atoms with E-state index >= 15 is 0 Å². The second-order valence-corrected chi connectivity index (χ2v) is 4.07. The van der Waals surface area contributed by atoms with Gasteiger partial charge in [-0.3, -0.25) is 4.79 Å². The maximum Gasteiger partial charge on any atom is 0.326 e. The van der Waals surface area contributed by atoms with Gasteiger partial charge in [0.1, 0.15) is 11.0 Å². The molecule has 0 spiro atoms. The molecule has 2 N–H and O–H groups in total. The van der Waals surface area contributed by atoms with Gasteiger partial charge in [0.15, 0.2) is 0 Å². The van der Waals surface area contributed by atoms with Gasteiger partial charge in [0.05, 0.1) is 6.04 Å². The highest BCUT2D eigenvalue weighted by Gasteiger charge is 2.32. The highest BCUT2D eigenvalue weighted by Crippen LogP contribution is 2.35. The van der Waals surface area contributed by atoms with E-state index in [1.54, 1.807) is 18.2 Å². The van der Waals surface area contributed by atoms with E-state index in [-0.39, 0.29) is 0 Å². The van der Waals surface area contributed by atoms with Crippen molar-refractivity contribution >= 4 is 30.2 Å². The maximum atomic E-state index is 11.2. The van der Waals surface area contributed by atoms with E-state index in [1.165, 1.54) is 0 Å². The zero-order valence-corrected chi connectivity index (χ0v) is 8.76. The van der Waals surface area contributed by atoms with E-state index in [0.717, 1.165) is 5.56 Å². The van der Waals surface area contributed by atoms with Gasteiger partial charge in [-0.05, 0) is 18.2 Å². The Hall–Kier alpha value is -0.710. The van der Waals surface area contributed by atoms with Crippen molar-refractivity contribution < 1.29 is 9.53 Å². The fourth-order valence-corrected chi connectivity index (χ4v) is 1.75. The Labute approximate surface area is 91.6 Å². The molecule has 0 aromatic heterocycles. The number of nitrogens with two attached hydrogens (primary N) is 1. The molecule has 2 atom stereocenters. The fourth-order valence-electron chi connectivity index (χ4n) is 1.36. The van der Waals surface area contributed by atoms with Crippen LogP contribution in [0.5, 0.6) is 5.75 Å². The lowest BCUT2D eigenvalue weighted by Gasteiger charge is -2.26. The first kappa shape index (κ1) is 9.83. The molecular weight excluding hydrogens is 222 g/mol. The zero-order valence-electron chi connectivity index (χ0n) is 7.11. The zero-order chi connectivity index (χ0) is 10.3. The molecule has 0 saturated carbocycles. The van der Waals surface area contributed by atoms with Gasteiger partial charge in [0.2, 0.25) is 0 Å². The van der Waals surface area contributed by atoms with E-state index in [2.05, 4.69) is 12.6 Å². The van der Waals surface area contributed by atoms with Gasteiger partial charge < -0.3 is 10.5 Å². The molecule has 0 radical (unpaired) electrons. The number of carbonyl (C=O) groups is 1. The summed E-state index contributed by atoms with van der Waals surface area (Å²) < 4.78 is 5.02. The number of ether oxygens (including phenoxy) is 1. The van der Waals surface area contributed by atoms with Crippen LogP contribution in [-0.4, -0.2) is 11.2 Å². The molecule has 1 aromatic rings. The first-order valence-corrected chi connectivity index (χ1v) is 4.94. The van der Waals surface area contributed by atoms with Crippen molar-refractivity contribution in [2.75, 3.05) is 0 Å². The number of hydrogen-bond acceptors (Lipinski definition) is 4. The molecule has 2 unspecified atom stereocenters. The number of thiol groups is 1. The van der Waals surface area contributed by atoms with Crippen LogP contribution in [-0.2, 0) is 4.79 Å². The number of benzene rings is 1. The van der Waals surface area contributed by atoms with Crippen LogP contribution in [0.1, 0.15) is 11.6 Å². The topological polar surface area (TPSA) is 52.3 Å². The van der Waals surface area contributed by atoms with Crippen LogP contribution >= 0.6 is 24.2 Å². The average Bonchev–Trinajstić information content (AvgIpc) is 2.16. The summed E-state index contributed by atoms with van der Waals surface area (Å²) in [5, 5.41) is -0.0568. The number of carbonyl (C=O) groups excluding carboxylic acids is 1. The largest absolute Gasteiger partial charge is 0.425 e. The quantitative estimate of drug-likeness (QED) is 0.403. The van der Waals surface area contributed by atoms with Gasteiger partial charge in [-0.25, -0.2) is 0 Å². The smallest absolute Gasteiger partial charge is 0.326 e. The first-order chi connectivity index (χ1) is 6.59. The summed E-state index contributed by atoms with van der Waals surface area (Å²) in [5.74, 6) is 0.0489. The first-order valence-electron chi connectivity index (χ1n) is 4.04. The van der Waals surface area contributed by atoms with E-state index in [0.29, 0.717) is 10.8 Å². The average molecular weight is 230 g/mol. The van der Waals surface area contributed by atoms with Crippen LogP contribution in [0.15, 0.2) is 18.2 Å². The molecule has 1 aromatic carbocycles. The lowest BCUT2D eigenvalue weighted by atomic mass is 10.0. The Morgan fingerprint density at radius 1 is 1.50 bits per heavy atom. The van der Waals surface area contributed by atoms with Crippen molar-refractivity contribution in [2.45, 2.75) is 11.3 Å². The Kier molecular flexibility index (Phi) is 2.43. The van der Waals surface area contributed by atoms with Gasteiger partial charge in [-0.2, -0.15) is 12.6 Å². The molecule has 1 heterocycles. The second kappa shape index (κ2) is 3.46. The van der Waals surface area contributed by atoms with Crippen LogP contribution in [0.4, 0.5) is 0 Å². The normalized spacial score (nSPS) is 25.5. The van der Waals surface area contributed by atoms with Crippen LogP contribution in [0, 0.1) is 0 Å². The maximum absolute atomic E-state index is 11.2. The van der Waals surface area contributed by atoms with E-state index in [4.69, 9.17) is 22.1 Å². The summed E-state index contributed by atoms with van der Waals surface area (Å²) in [7, 11) is 0. The minimum absolute atomic E-state index is 0.421. The SMILES string of the molecule is NC1c2cc(Cl)ccc2OC(=O)C1S. The Morgan fingerprint density at radius 2 is 2.21 bits per heavy atom. The van der Waals surface area contributed by atoms with Crippen molar-refractivity contribution in [2.24, 2.45) is 5.73 Å². The van der Waals surface area contributed by atoms with Crippen LogP contribution < -0.4 is 10.5 Å². The van der Waals surface area contributed by atoms with E-state index in [1.807, 2.05) is 0 Å². The summed E-state index contributed by atoms with van der Waals surface area (Å²) in [4.78, 5) is 11.2. The molecule has 0 amide bonds. The van der Waals surface area contributed by atoms with E-state index in [9.17, 15) is 4.79 Å². The third-order valence-corrected chi connectivity index (χ3v) is 2.89. The molecule has 0 saturated heterocycles. The van der Waals surface area contributed by atoms with Crippen LogP contribution in [0.3, 0.4) is 0 Å². The van der Waals surface area contributed by atoms with Gasteiger partial charge in [0, 0.05) is 10.6 Å². The third kappa shape index (κ3) is 1.49. The Bertz CT molecular complexity index is 396. The molecule has 1 aliphatic rings. The van der Waals surface area contributed by atoms with Gasteiger partial charge in [-0.15, -0.1) is 0 Å². The summed E-state index contributed by atoms with van der Waals surface area (Å²) in [6.07, 6.45) is 0. The number of hydrogen-bond donors (Lipinski definition) is 2. The van der Waals surface area contributed by atoms with Crippen molar-refractivity contribution in [3.63, 3.8) is 0 Å². The Morgan fingerprint density at radius 3 is 2.93 bits per heavy atom. The molecule has 74 valence electrons. The third-order valence-electron chi connectivity index (χ3n) is 2.12. The molecule has 14 heavy (non-hydrogen) atoms. The van der Waals surface area contributed by atoms with Crippen LogP contribution in [0.25, 0.3) is 0 Å². The highest BCUT2D eigenvalue weighted by atomic mass is 35.5. The number of rotatable bonds is 0. The molecule has 2 rings (SSSR count). The summed E-state index contributed by atoms with van der Waals surface area (Å²) in [6, 6.07) is 4.51. The molecule has 3 nitrogen and oxygen atoms in total. The molecule has 0 fully saturated rings. The van der Waals surface area contributed by atoms with Crippen molar-refractivity contribution in [3.8, 4) is 5.75 Å². The van der Waals surface area contributed by atoms with E-state index < -0.39 is 17.3 Å². The van der Waals surface area contributed by atoms with Gasteiger partial charge in [0.25, 0.3) is 0 Å². The molecule has 0 aliphatic carbocycles. The summed E-state index contributed by atoms with van der Waals surface area (Å²) >= 11 is 9.87. The minimum Gasteiger partial charge on any atom is -0.425 e. The molecule has 0 bridgehead atoms. The predicted molar refractivity (Wildman–Crippen MR) is 56.8 cm³/mol. The fraction of sp³-hybridized carbons (Fsp3) is 0.222. The van der Waals surface area contributed by atoms with Crippen molar-refractivity contribution in [1.82, 2.24) is 0 Å². The van der Waals surface area contributed by atoms with Crippen LogP contribution in [0.2, 0.25) is 5.02 Å². The number of fused-ring (bicyclic) bond motifs is 1. The lowest BCUT2D eigenvalue weighted by molar-refractivity contribution is -0.135. The highest BCUT2D eigenvalue weighted by molar-refractivity contribution is 7.81.